The van der Waals surface area contributed by atoms with E-state index in [0.717, 1.165) is 6.07 Å². The third-order valence-electron chi connectivity index (χ3n) is 3.10. The predicted octanol–water partition coefficient (Wildman–Crippen LogP) is 3.37. The van der Waals surface area contributed by atoms with Gasteiger partial charge in [-0.05, 0) is 42.8 Å². The summed E-state index contributed by atoms with van der Waals surface area (Å²) in [6, 6.07) is 8.13. The lowest BCUT2D eigenvalue weighted by molar-refractivity contribution is -0.384. The second-order valence-electron chi connectivity index (χ2n) is 4.66. The minimum atomic E-state index is -3.98. The van der Waals surface area contributed by atoms with Crippen LogP contribution in [0, 0.1) is 17.0 Å². The standard InChI is InChI=1S/C14H13ClN2O5S/c1-9-7-10(22-2)3-6-13(9)16-23(20,21)11-4-5-12(15)14(8-11)17(18)19/h3-8,16H,1-2H3. The number of hydrogen-bond donors (Lipinski definition) is 1. The van der Waals surface area contributed by atoms with Crippen LogP contribution < -0.4 is 9.46 Å². The number of ether oxygens (including phenoxy) is 1. The van der Waals surface area contributed by atoms with E-state index in [1.165, 1.54) is 19.2 Å². The number of hydrogen-bond acceptors (Lipinski definition) is 5. The first-order valence-electron chi connectivity index (χ1n) is 6.36. The molecule has 0 heterocycles. The maximum absolute atomic E-state index is 12.4. The smallest absolute Gasteiger partial charge is 0.289 e. The summed E-state index contributed by atoms with van der Waals surface area (Å²) in [5.41, 5.74) is 0.529. The molecule has 0 amide bonds. The summed E-state index contributed by atoms with van der Waals surface area (Å²) in [4.78, 5) is 9.89. The maximum Gasteiger partial charge on any atom is 0.289 e. The number of nitro benzene ring substituents is 1. The average Bonchev–Trinajstić information content (AvgIpc) is 2.49. The number of benzene rings is 2. The molecule has 0 radical (unpaired) electrons. The molecule has 0 atom stereocenters. The van der Waals surface area contributed by atoms with E-state index >= 15 is 0 Å². The van der Waals surface area contributed by atoms with Gasteiger partial charge in [0.15, 0.2) is 0 Å². The fourth-order valence-corrected chi connectivity index (χ4v) is 3.22. The second-order valence-corrected chi connectivity index (χ2v) is 6.75. The van der Waals surface area contributed by atoms with Crippen LogP contribution in [0.5, 0.6) is 5.75 Å². The minimum absolute atomic E-state index is 0.130. The topological polar surface area (TPSA) is 98.5 Å². The summed E-state index contributed by atoms with van der Waals surface area (Å²) in [7, 11) is -2.48. The third-order valence-corrected chi connectivity index (χ3v) is 4.79. The molecule has 0 aliphatic carbocycles. The zero-order chi connectivity index (χ0) is 17.2. The van der Waals surface area contributed by atoms with Crippen LogP contribution in [0.4, 0.5) is 11.4 Å². The maximum atomic E-state index is 12.4. The molecule has 0 saturated heterocycles. The van der Waals surface area contributed by atoms with Crippen molar-refractivity contribution in [1.29, 1.82) is 0 Å². The molecule has 0 aliphatic heterocycles. The van der Waals surface area contributed by atoms with Crippen molar-refractivity contribution in [3.8, 4) is 5.75 Å². The molecule has 0 fully saturated rings. The van der Waals surface area contributed by atoms with Gasteiger partial charge in [-0.25, -0.2) is 8.42 Å². The molecule has 0 bridgehead atoms. The highest BCUT2D eigenvalue weighted by Gasteiger charge is 2.21. The van der Waals surface area contributed by atoms with Gasteiger partial charge in [-0.15, -0.1) is 0 Å². The summed E-state index contributed by atoms with van der Waals surface area (Å²) in [6.45, 7) is 1.71. The lowest BCUT2D eigenvalue weighted by Gasteiger charge is -2.11. The van der Waals surface area contributed by atoms with Crippen molar-refractivity contribution in [3.05, 3.63) is 57.1 Å². The Morgan fingerprint density at radius 1 is 1.22 bits per heavy atom. The second kappa shape index (κ2) is 6.43. The number of nitrogens with zero attached hydrogens (tertiary/aromatic N) is 1. The fourth-order valence-electron chi connectivity index (χ4n) is 1.88. The van der Waals surface area contributed by atoms with Gasteiger partial charge in [0.2, 0.25) is 0 Å². The summed E-state index contributed by atoms with van der Waals surface area (Å²) in [6.07, 6.45) is 0. The van der Waals surface area contributed by atoms with Crippen LogP contribution in [0.2, 0.25) is 5.02 Å². The van der Waals surface area contributed by atoms with Crippen LogP contribution in [0.25, 0.3) is 0 Å². The van der Waals surface area contributed by atoms with Crippen molar-refractivity contribution in [1.82, 2.24) is 0 Å². The number of rotatable bonds is 5. The first-order chi connectivity index (χ1) is 10.7. The van der Waals surface area contributed by atoms with E-state index in [1.807, 2.05) is 0 Å². The van der Waals surface area contributed by atoms with Crippen molar-refractivity contribution in [2.24, 2.45) is 0 Å². The van der Waals surface area contributed by atoms with Crippen LogP contribution in [0.1, 0.15) is 5.56 Å². The highest BCUT2D eigenvalue weighted by Crippen LogP contribution is 2.29. The SMILES string of the molecule is COc1ccc(NS(=O)(=O)c2ccc(Cl)c([N+](=O)[O-])c2)c(C)c1. The van der Waals surface area contributed by atoms with Gasteiger partial charge in [0, 0.05) is 6.07 Å². The Bertz CT molecular complexity index is 867. The Labute approximate surface area is 138 Å². The molecule has 2 rings (SSSR count). The van der Waals surface area contributed by atoms with Crippen LogP contribution in [-0.4, -0.2) is 20.5 Å². The van der Waals surface area contributed by atoms with Crippen LogP contribution in [-0.2, 0) is 10.0 Å². The summed E-state index contributed by atoms with van der Waals surface area (Å²) >= 11 is 5.69. The molecule has 2 aromatic rings. The molecule has 0 aliphatic rings. The Morgan fingerprint density at radius 3 is 2.48 bits per heavy atom. The Hall–Kier alpha value is -2.32. The van der Waals surface area contributed by atoms with E-state index in [9.17, 15) is 18.5 Å². The number of anilines is 1. The highest BCUT2D eigenvalue weighted by molar-refractivity contribution is 7.92. The van der Waals surface area contributed by atoms with Crippen LogP contribution in [0.15, 0.2) is 41.3 Å². The first-order valence-corrected chi connectivity index (χ1v) is 8.22. The van der Waals surface area contributed by atoms with Crippen LogP contribution >= 0.6 is 11.6 Å². The van der Waals surface area contributed by atoms with Gasteiger partial charge in [0.25, 0.3) is 15.7 Å². The van der Waals surface area contributed by atoms with E-state index in [1.54, 1.807) is 25.1 Å². The molecule has 7 nitrogen and oxygen atoms in total. The molecule has 1 N–H and O–H groups in total. The normalized spacial score (nSPS) is 11.1. The van der Waals surface area contributed by atoms with E-state index < -0.39 is 20.6 Å². The van der Waals surface area contributed by atoms with Crippen molar-refractivity contribution in [2.45, 2.75) is 11.8 Å². The van der Waals surface area contributed by atoms with Crippen molar-refractivity contribution in [3.63, 3.8) is 0 Å². The molecule has 9 heteroatoms. The third kappa shape index (κ3) is 3.72. The molecule has 122 valence electrons. The van der Waals surface area contributed by atoms with Gasteiger partial charge in [0.05, 0.1) is 22.6 Å². The van der Waals surface area contributed by atoms with Crippen molar-refractivity contribution < 1.29 is 18.1 Å². The number of methoxy groups -OCH3 is 1. The first kappa shape index (κ1) is 17.0. The number of aryl methyl sites for hydroxylation is 1. The fraction of sp³-hybridized carbons (Fsp3) is 0.143. The summed E-state index contributed by atoms with van der Waals surface area (Å²) in [5, 5.41) is 10.7. The van der Waals surface area contributed by atoms with Gasteiger partial charge in [-0.1, -0.05) is 11.6 Å². The molecule has 2 aromatic carbocycles. The quantitative estimate of drug-likeness (QED) is 0.654. The lowest BCUT2D eigenvalue weighted by atomic mass is 10.2. The van der Waals surface area contributed by atoms with Gasteiger partial charge in [-0.3, -0.25) is 14.8 Å². The van der Waals surface area contributed by atoms with E-state index in [2.05, 4.69) is 4.72 Å². The monoisotopic (exact) mass is 356 g/mol. The predicted molar refractivity (Wildman–Crippen MR) is 86.6 cm³/mol. The highest BCUT2D eigenvalue weighted by atomic mass is 35.5. The molecule has 0 unspecified atom stereocenters. The van der Waals surface area contributed by atoms with Gasteiger partial charge >= 0.3 is 0 Å². The Kier molecular flexibility index (Phi) is 4.76. The summed E-state index contributed by atoms with van der Waals surface area (Å²) in [5.74, 6) is 0.590. The van der Waals surface area contributed by atoms with Crippen LogP contribution in [0.3, 0.4) is 0 Å². The number of nitrogens with one attached hydrogen (secondary N) is 1. The van der Waals surface area contributed by atoms with Gasteiger partial charge in [-0.2, -0.15) is 0 Å². The molecule has 0 aromatic heterocycles. The Balaban J connectivity index is 2.40. The molecule has 0 spiro atoms. The number of nitro groups is 1. The number of halogens is 1. The molecule has 23 heavy (non-hydrogen) atoms. The minimum Gasteiger partial charge on any atom is -0.497 e. The zero-order valence-electron chi connectivity index (χ0n) is 12.2. The zero-order valence-corrected chi connectivity index (χ0v) is 13.8. The van der Waals surface area contributed by atoms with Crippen molar-refractivity contribution in [2.75, 3.05) is 11.8 Å². The summed E-state index contributed by atoms with van der Waals surface area (Å²) < 4.78 is 32.2. The largest absolute Gasteiger partial charge is 0.497 e. The van der Waals surface area contributed by atoms with E-state index in [4.69, 9.17) is 16.3 Å². The Morgan fingerprint density at radius 2 is 1.91 bits per heavy atom. The van der Waals surface area contributed by atoms with E-state index in [0.29, 0.717) is 17.0 Å². The molecular formula is C14H13ClN2O5S. The average molecular weight is 357 g/mol. The number of sulfonamides is 1. The lowest BCUT2D eigenvalue weighted by Crippen LogP contribution is -2.14. The molecular weight excluding hydrogens is 344 g/mol. The van der Waals surface area contributed by atoms with Crippen molar-refractivity contribution >= 4 is 33.0 Å². The van der Waals surface area contributed by atoms with Gasteiger partial charge < -0.3 is 4.74 Å². The van der Waals surface area contributed by atoms with Gasteiger partial charge in [0.1, 0.15) is 10.8 Å². The molecule has 0 saturated carbocycles. The van der Waals surface area contributed by atoms with E-state index in [-0.39, 0.29) is 9.92 Å².